The van der Waals surface area contributed by atoms with E-state index >= 15 is 0 Å². The van der Waals surface area contributed by atoms with Crippen molar-refractivity contribution in [3.05, 3.63) is 0 Å². The molecule has 0 aliphatic carbocycles. The molecule has 4 N–H and O–H groups in total. The zero-order chi connectivity index (χ0) is 22.5. The van der Waals surface area contributed by atoms with Gasteiger partial charge in [-0.3, -0.25) is 0 Å². The van der Waals surface area contributed by atoms with Crippen molar-refractivity contribution >= 4 is 54.3 Å². The van der Waals surface area contributed by atoms with E-state index in [1.54, 1.807) is 0 Å². The molecule has 0 radical (unpaired) electrons. The highest BCUT2D eigenvalue weighted by atomic mass is 32.2. The van der Waals surface area contributed by atoms with Crippen molar-refractivity contribution in [1.82, 2.24) is 21.3 Å². The Labute approximate surface area is 191 Å². The van der Waals surface area contributed by atoms with E-state index < -0.39 is 30.8 Å². The Hall–Kier alpha value is -0.720. The average Bonchev–Trinajstić information content (AvgIpc) is 3.03. The zero-order valence-corrected chi connectivity index (χ0v) is 21.0. The van der Waals surface area contributed by atoms with E-state index in [2.05, 4.69) is 21.3 Å². The highest BCUT2D eigenvalue weighted by Crippen LogP contribution is 2.23. The van der Waals surface area contributed by atoms with Gasteiger partial charge in [0, 0.05) is 13.1 Å². The third-order valence-corrected chi connectivity index (χ3v) is 9.81. The van der Waals surface area contributed by atoms with E-state index in [-0.39, 0.29) is 23.0 Å². The van der Waals surface area contributed by atoms with E-state index in [1.165, 1.54) is 0 Å². The Balaban J connectivity index is 1.48. The molecule has 0 unspecified atom stereocenters. The molecule has 2 atom stereocenters. The SMILES string of the molecule is C[C@@]1(NC(=S)NCCCCCCNC(=S)N[C@]2(C)CCS(=O)(=O)C2)CCS(=O)(=O)C1. The molecule has 0 aromatic heterocycles. The Morgan fingerprint density at radius 1 is 0.733 bits per heavy atom. The number of hydrogen-bond acceptors (Lipinski definition) is 6. The van der Waals surface area contributed by atoms with Gasteiger partial charge in [0.15, 0.2) is 29.9 Å². The van der Waals surface area contributed by atoms with E-state index in [4.69, 9.17) is 24.4 Å². The van der Waals surface area contributed by atoms with Gasteiger partial charge in [0.1, 0.15) is 0 Å². The van der Waals surface area contributed by atoms with Crippen LogP contribution in [0.1, 0.15) is 52.4 Å². The van der Waals surface area contributed by atoms with Gasteiger partial charge in [0.25, 0.3) is 0 Å². The maximum Gasteiger partial charge on any atom is 0.166 e. The number of sulfone groups is 2. The van der Waals surface area contributed by atoms with Crippen LogP contribution in [0.5, 0.6) is 0 Å². The second-order valence-electron chi connectivity index (χ2n) is 8.98. The van der Waals surface area contributed by atoms with Crippen LogP contribution in [-0.4, -0.2) is 74.2 Å². The molecule has 2 aliphatic heterocycles. The summed E-state index contributed by atoms with van der Waals surface area (Å²) < 4.78 is 46.6. The van der Waals surface area contributed by atoms with E-state index in [0.29, 0.717) is 23.1 Å². The first-order valence-corrected chi connectivity index (χ1v) is 14.8. The van der Waals surface area contributed by atoms with Crippen molar-refractivity contribution in [2.24, 2.45) is 0 Å². The number of thiocarbonyl (C=S) groups is 2. The molecule has 2 saturated heterocycles. The molecule has 0 aromatic rings. The van der Waals surface area contributed by atoms with Crippen LogP contribution < -0.4 is 21.3 Å². The smallest absolute Gasteiger partial charge is 0.166 e. The van der Waals surface area contributed by atoms with Crippen LogP contribution in [0, 0.1) is 0 Å². The summed E-state index contributed by atoms with van der Waals surface area (Å²) in [5.74, 6) is 0.676. The van der Waals surface area contributed by atoms with Gasteiger partial charge in [0.2, 0.25) is 0 Å². The summed E-state index contributed by atoms with van der Waals surface area (Å²) in [6.07, 6.45) is 5.18. The first-order valence-electron chi connectivity index (χ1n) is 10.4. The molecule has 0 saturated carbocycles. The summed E-state index contributed by atoms with van der Waals surface area (Å²) in [5, 5.41) is 13.6. The van der Waals surface area contributed by atoms with Crippen molar-refractivity contribution in [2.75, 3.05) is 36.1 Å². The van der Waals surface area contributed by atoms with E-state index in [0.717, 1.165) is 38.8 Å². The molecule has 0 aromatic carbocycles. The fraction of sp³-hybridized carbons (Fsp3) is 0.889. The number of unbranched alkanes of at least 4 members (excludes halogenated alkanes) is 3. The van der Waals surface area contributed by atoms with Crippen molar-refractivity contribution in [2.45, 2.75) is 63.5 Å². The third kappa shape index (κ3) is 8.80. The van der Waals surface area contributed by atoms with Gasteiger partial charge in [-0.15, -0.1) is 0 Å². The second-order valence-corrected chi connectivity index (χ2v) is 14.2. The standard InChI is InChI=1S/C18H34N4O4S4/c1-17(7-11-29(23,24)13-17)21-15(27)19-9-5-3-4-6-10-20-16(28)22-18(2)8-12-30(25,26)14-18/h3-14H2,1-2H3,(H2,19,21,27)(H2,20,22,28)/t17-,18-/m1/s1. The Morgan fingerprint density at radius 3 is 1.40 bits per heavy atom. The summed E-state index contributed by atoms with van der Waals surface area (Å²) in [6, 6.07) is 0. The summed E-state index contributed by atoms with van der Waals surface area (Å²) in [5.41, 5.74) is -0.943. The molecular formula is C18H34N4O4S4. The minimum atomic E-state index is -2.96. The lowest BCUT2D eigenvalue weighted by atomic mass is 10.0. The average molecular weight is 499 g/mol. The quantitative estimate of drug-likeness (QED) is 0.266. The van der Waals surface area contributed by atoms with Crippen molar-refractivity contribution in [1.29, 1.82) is 0 Å². The van der Waals surface area contributed by atoms with Gasteiger partial charge in [0.05, 0.1) is 34.1 Å². The summed E-state index contributed by atoms with van der Waals surface area (Å²) in [6.45, 7) is 5.28. The number of nitrogens with one attached hydrogen (secondary N) is 4. The monoisotopic (exact) mass is 498 g/mol. The summed E-state index contributed by atoms with van der Waals surface area (Å²) in [4.78, 5) is 0. The van der Waals surface area contributed by atoms with Gasteiger partial charge < -0.3 is 21.3 Å². The normalized spacial score (nSPS) is 29.3. The molecule has 174 valence electrons. The van der Waals surface area contributed by atoms with Crippen LogP contribution in [0.2, 0.25) is 0 Å². The Morgan fingerprint density at radius 2 is 1.10 bits per heavy atom. The van der Waals surface area contributed by atoms with Crippen molar-refractivity contribution in [3.8, 4) is 0 Å². The predicted octanol–water partition coefficient (Wildman–Crippen LogP) is 0.629. The van der Waals surface area contributed by atoms with Crippen molar-refractivity contribution < 1.29 is 16.8 Å². The lowest BCUT2D eigenvalue weighted by Gasteiger charge is -2.26. The van der Waals surface area contributed by atoms with Crippen LogP contribution in [0.25, 0.3) is 0 Å². The summed E-state index contributed by atoms with van der Waals surface area (Å²) in [7, 11) is -5.91. The predicted molar refractivity (Wildman–Crippen MR) is 129 cm³/mol. The van der Waals surface area contributed by atoms with Crippen molar-refractivity contribution in [3.63, 3.8) is 0 Å². The van der Waals surface area contributed by atoms with E-state index in [1.807, 2.05) is 13.8 Å². The molecule has 0 spiro atoms. The van der Waals surface area contributed by atoms with Gasteiger partial charge in [-0.05, 0) is 64.0 Å². The Bertz CT molecular complexity index is 776. The molecule has 2 aliphatic rings. The maximum absolute atomic E-state index is 11.6. The number of rotatable bonds is 9. The molecule has 0 amide bonds. The van der Waals surface area contributed by atoms with Crippen LogP contribution in [0.15, 0.2) is 0 Å². The molecule has 12 heteroatoms. The highest BCUT2D eigenvalue weighted by Gasteiger charge is 2.39. The van der Waals surface area contributed by atoms with Crippen LogP contribution >= 0.6 is 24.4 Å². The minimum absolute atomic E-state index is 0.125. The molecule has 0 bridgehead atoms. The number of hydrogen-bond donors (Lipinski definition) is 4. The topological polar surface area (TPSA) is 116 Å². The molecular weight excluding hydrogens is 464 g/mol. The van der Waals surface area contributed by atoms with E-state index in [9.17, 15) is 16.8 Å². The van der Waals surface area contributed by atoms with Crippen LogP contribution in [-0.2, 0) is 19.7 Å². The maximum atomic E-state index is 11.6. The van der Waals surface area contributed by atoms with Gasteiger partial charge >= 0.3 is 0 Å². The first-order chi connectivity index (χ1) is 13.8. The zero-order valence-electron chi connectivity index (χ0n) is 17.8. The van der Waals surface area contributed by atoms with Gasteiger partial charge in [-0.2, -0.15) is 0 Å². The molecule has 30 heavy (non-hydrogen) atoms. The Kier molecular flexibility index (Phi) is 8.74. The molecule has 8 nitrogen and oxygen atoms in total. The van der Waals surface area contributed by atoms with Crippen LogP contribution in [0.3, 0.4) is 0 Å². The molecule has 2 heterocycles. The van der Waals surface area contributed by atoms with Crippen LogP contribution in [0.4, 0.5) is 0 Å². The lowest BCUT2D eigenvalue weighted by Crippen LogP contribution is -2.51. The molecule has 2 fully saturated rings. The molecule has 2 rings (SSSR count). The fourth-order valence-corrected chi connectivity index (χ4v) is 8.75. The second kappa shape index (κ2) is 10.3. The largest absolute Gasteiger partial charge is 0.363 e. The third-order valence-electron chi connectivity index (χ3n) is 5.51. The fourth-order valence-electron chi connectivity index (χ4n) is 3.86. The lowest BCUT2D eigenvalue weighted by molar-refractivity contribution is 0.465. The summed E-state index contributed by atoms with van der Waals surface area (Å²) >= 11 is 10.6. The van der Waals surface area contributed by atoms with Gasteiger partial charge in [-0.25, -0.2) is 16.8 Å². The minimum Gasteiger partial charge on any atom is -0.363 e. The first kappa shape index (κ1) is 25.5. The van der Waals surface area contributed by atoms with Gasteiger partial charge in [-0.1, -0.05) is 12.8 Å². The highest BCUT2D eigenvalue weighted by molar-refractivity contribution is 7.92.